The number of piperidine rings is 1. The summed E-state index contributed by atoms with van der Waals surface area (Å²) in [4.78, 5) is 15.8. The predicted octanol–water partition coefficient (Wildman–Crippen LogP) is 0.702. The molecule has 0 aliphatic carbocycles. The van der Waals surface area contributed by atoms with Crippen LogP contribution >= 0.6 is 0 Å². The molecule has 98 valence electrons. The van der Waals surface area contributed by atoms with Crippen molar-refractivity contribution in [1.29, 1.82) is 0 Å². The molecule has 2 saturated heterocycles. The molecule has 1 amide bonds. The number of carbonyl (C=O) groups is 1. The Labute approximate surface area is 104 Å². The van der Waals surface area contributed by atoms with Crippen molar-refractivity contribution in [1.82, 2.24) is 9.80 Å². The molecule has 17 heavy (non-hydrogen) atoms. The number of aliphatic hydroxyl groups excluding tert-OH is 1. The average molecular weight is 240 g/mol. The molecule has 4 heteroatoms. The van der Waals surface area contributed by atoms with Gasteiger partial charge in [0.1, 0.15) is 0 Å². The topological polar surface area (TPSA) is 43.8 Å². The Morgan fingerprint density at radius 2 is 2.12 bits per heavy atom. The second-order valence-corrected chi connectivity index (χ2v) is 5.39. The standard InChI is InChI=1S/C13H24N2O2/c1-11-4-2-6-14(12(11)10-16)8-9-15-7-3-5-13(15)17/h11-12,16H,2-10H2,1H3. The van der Waals surface area contributed by atoms with Gasteiger partial charge in [-0.05, 0) is 31.7 Å². The lowest BCUT2D eigenvalue weighted by Crippen LogP contribution is -2.49. The quantitative estimate of drug-likeness (QED) is 0.787. The van der Waals surface area contributed by atoms with Crippen LogP contribution in [0.4, 0.5) is 0 Å². The van der Waals surface area contributed by atoms with Crippen molar-refractivity contribution in [2.45, 2.75) is 38.6 Å². The van der Waals surface area contributed by atoms with E-state index in [2.05, 4.69) is 11.8 Å². The highest BCUT2D eigenvalue weighted by Gasteiger charge is 2.28. The van der Waals surface area contributed by atoms with Crippen molar-refractivity contribution in [3.05, 3.63) is 0 Å². The number of rotatable bonds is 4. The van der Waals surface area contributed by atoms with Crippen molar-refractivity contribution in [3.8, 4) is 0 Å². The lowest BCUT2D eigenvalue weighted by atomic mass is 9.91. The molecule has 1 N–H and O–H groups in total. The van der Waals surface area contributed by atoms with Crippen LogP contribution in [0.5, 0.6) is 0 Å². The first-order chi connectivity index (χ1) is 8.22. The number of aliphatic hydroxyl groups is 1. The van der Waals surface area contributed by atoms with Crippen molar-refractivity contribution >= 4 is 5.91 Å². The third-order valence-electron chi connectivity index (χ3n) is 4.25. The highest BCUT2D eigenvalue weighted by molar-refractivity contribution is 5.78. The molecular weight excluding hydrogens is 216 g/mol. The van der Waals surface area contributed by atoms with E-state index >= 15 is 0 Å². The van der Waals surface area contributed by atoms with Crippen LogP contribution in [0.2, 0.25) is 0 Å². The molecule has 2 unspecified atom stereocenters. The molecule has 0 aromatic heterocycles. The summed E-state index contributed by atoms with van der Waals surface area (Å²) in [5.41, 5.74) is 0. The summed E-state index contributed by atoms with van der Waals surface area (Å²) in [6.07, 6.45) is 4.16. The van der Waals surface area contributed by atoms with Gasteiger partial charge in [-0.25, -0.2) is 0 Å². The predicted molar refractivity (Wildman–Crippen MR) is 66.7 cm³/mol. The molecule has 0 saturated carbocycles. The summed E-state index contributed by atoms with van der Waals surface area (Å²) in [5.74, 6) is 0.874. The monoisotopic (exact) mass is 240 g/mol. The Hall–Kier alpha value is -0.610. The van der Waals surface area contributed by atoms with E-state index in [4.69, 9.17) is 0 Å². The van der Waals surface area contributed by atoms with Crippen LogP contribution in [0.15, 0.2) is 0 Å². The fourth-order valence-corrected chi connectivity index (χ4v) is 3.10. The molecule has 0 aromatic carbocycles. The second kappa shape index (κ2) is 5.83. The molecule has 0 radical (unpaired) electrons. The van der Waals surface area contributed by atoms with Gasteiger partial charge in [-0.2, -0.15) is 0 Å². The lowest BCUT2D eigenvalue weighted by molar-refractivity contribution is -0.128. The zero-order chi connectivity index (χ0) is 12.3. The van der Waals surface area contributed by atoms with Crippen molar-refractivity contribution in [3.63, 3.8) is 0 Å². The number of carbonyl (C=O) groups excluding carboxylic acids is 1. The zero-order valence-electron chi connectivity index (χ0n) is 10.8. The number of nitrogens with zero attached hydrogens (tertiary/aromatic N) is 2. The maximum Gasteiger partial charge on any atom is 0.222 e. The summed E-state index contributed by atoms with van der Waals surface area (Å²) in [6.45, 7) is 6.20. The van der Waals surface area contributed by atoms with Gasteiger partial charge in [-0.15, -0.1) is 0 Å². The van der Waals surface area contributed by atoms with Gasteiger partial charge in [0.15, 0.2) is 0 Å². The minimum absolute atomic E-state index is 0.245. The van der Waals surface area contributed by atoms with E-state index in [9.17, 15) is 9.90 Å². The molecule has 2 atom stereocenters. The molecule has 2 aliphatic heterocycles. The minimum atomic E-state index is 0.245. The van der Waals surface area contributed by atoms with Crippen molar-refractivity contribution in [2.24, 2.45) is 5.92 Å². The first-order valence-corrected chi connectivity index (χ1v) is 6.85. The first-order valence-electron chi connectivity index (χ1n) is 6.85. The van der Waals surface area contributed by atoms with Gasteiger partial charge in [0.25, 0.3) is 0 Å². The maximum absolute atomic E-state index is 11.5. The van der Waals surface area contributed by atoms with Crippen LogP contribution < -0.4 is 0 Å². The normalized spacial score (nSPS) is 31.2. The van der Waals surface area contributed by atoms with Crippen LogP contribution in [-0.2, 0) is 4.79 Å². The van der Waals surface area contributed by atoms with Crippen LogP contribution in [0.1, 0.15) is 32.6 Å². The summed E-state index contributed by atoms with van der Waals surface area (Å²) < 4.78 is 0. The van der Waals surface area contributed by atoms with E-state index in [-0.39, 0.29) is 6.61 Å². The Kier molecular flexibility index (Phi) is 4.40. The molecule has 0 bridgehead atoms. The average Bonchev–Trinajstić information content (AvgIpc) is 2.72. The fourth-order valence-electron chi connectivity index (χ4n) is 3.10. The number of amides is 1. The first kappa shape index (κ1) is 12.8. The van der Waals surface area contributed by atoms with Crippen LogP contribution in [0.3, 0.4) is 0 Å². The van der Waals surface area contributed by atoms with Gasteiger partial charge in [0.2, 0.25) is 5.91 Å². The summed E-state index contributed by atoms with van der Waals surface area (Å²) in [6, 6.07) is 0.293. The third kappa shape index (κ3) is 2.99. The van der Waals surface area contributed by atoms with Crippen molar-refractivity contribution < 1.29 is 9.90 Å². The minimum Gasteiger partial charge on any atom is -0.395 e. The van der Waals surface area contributed by atoms with Crippen LogP contribution in [0, 0.1) is 5.92 Å². The van der Waals surface area contributed by atoms with Gasteiger partial charge < -0.3 is 10.0 Å². The van der Waals surface area contributed by atoms with Gasteiger partial charge in [0, 0.05) is 32.1 Å². The molecule has 0 aromatic rings. The van der Waals surface area contributed by atoms with E-state index < -0.39 is 0 Å². The highest BCUT2D eigenvalue weighted by atomic mass is 16.3. The molecule has 2 fully saturated rings. The lowest BCUT2D eigenvalue weighted by Gasteiger charge is -2.39. The fraction of sp³-hybridized carbons (Fsp3) is 0.923. The van der Waals surface area contributed by atoms with E-state index in [1.807, 2.05) is 4.90 Å². The van der Waals surface area contributed by atoms with Crippen LogP contribution in [0.25, 0.3) is 0 Å². The van der Waals surface area contributed by atoms with E-state index in [1.54, 1.807) is 0 Å². The SMILES string of the molecule is CC1CCCN(CCN2CCCC2=O)C1CO. The van der Waals surface area contributed by atoms with E-state index in [1.165, 1.54) is 12.8 Å². The Morgan fingerprint density at radius 3 is 2.76 bits per heavy atom. The van der Waals surface area contributed by atoms with Gasteiger partial charge in [-0.3, -0.25) is 9.69 Å². The summed E-state index contributed by atoms with van der Waals surface area (Å²) in [5, 5.41) is 9.45. The third-order valence-corrected chi connectivity index (χ3v) is 4.25. The molecule has 2 aliphatic rings. The smallest absolute Gasteiger partial charge is 0.222 e. The molecular formula is C13H24N2O2. The highest BCUT2D eigenvalue weighted by Crippen LogP contribution is 2.22. The number of hydrogen-bond acceptors (Lipinski definition) is 3. The van der Waals surface area contributed by atoms with E-state index in [0.29, 0.717) is 17.9 Å². The van der Waals surface area contributed by atoms with Gasteiger partial charge in [-0.1, -0.05) is 6.92 Å². The van der Waals surface area contributed by atoms with E-state index in [0.717, 1.165) is 39.0 Å². The second-order valence-electron chi connectivity index (χ2n) is 5.39. The van der Waals surface area contributed by atoms with Crippen molar-refractivity contribution in [2.75, 3.05) is 32.8 Å². The van der Waals surface area contributed by atoms with Gasteiger partial charge >= 0.3 is 0 Å². The number of likely N-dealkylation sites (tertiary alicyclic amines) is 2. The Morgan fingerprint density at radius 1 is 1.29 bits per heavy atom. The zero-order valence-corrected chi connectivity index (χ0v) is 10.8. The number of hydrogen-bond donors (Lipinski definition) is 1. The molecule has 4 nitrogen and oxygen atoms in total. The summed E-state index contributed by atoms with van der Waals surface area (Å²) in [7, 11) is 0. The Balaban J connectivity index is 1.82. The largest absolute Gasteiger partial charge is 0.395 e. The van der Waals surface area contributed by atoms with Crippen LogP contribution in [-0.4, -0.2) is 59.6 Å². The maximum atomic E-state index is 11.5. The Bertz CT molecular complexity index is 270. The molecule has 2 heterocycles. The van der Waals surface area contributed by atoms with Gasteiger partial charge in [0.05, 0.1) is 6.61 Å². The molecule has 2 rings (SSSR count). The molecule has 0 spiro atoms. The summed E-state index contributed by atoms with van der Waals surface area (Å²) >= 11 is 0.